The van der Waals surface area contributed by atoms with Gasteiger partial charge in [0.05, 0.1) is 13.2 Å². The Bertz CT molecular complexity index is 1060. The first-order valence-corrected chi connectivity index (χ1v) is 11.6. The van der Waals surface area contributed by atoms with Crippen molar-refractivity contribution in [3.63, 3.8) is 0 Å². The number of ether oxygens (including phenoxy) is 1. The molecule has 0 aromatic heterocycles. The van der Waals surface area contributed by atoms with Crippen LogP contribution in [0.5, 0.6) is 11.5 Å². The number of unbranched alkanes of at least 4 members (excludes halogenated alkanes) is 1. The highest BCUT2D eigenvalue weighted by Gasteiger charge is 2.43. The maximum absolute atomic E-state index is 13.1. The first kappa shape index (κ1) is 22.2. The minimum absolute atomic E-state index is 0.00946. The number of hydrogen-bond acceptors (Lipinski definition) is 4. The topological polar surface area (TPSA) is 49.8 Å². The van der Waals surface area contributed by atoms with E-state index in [1.54, 1.807) is 18.1 Å². The van der Waals surface area contributed by atoms with Crippen LogP contribution in [0.15, 0.2) is 72.8 Å². The van der Waals surface area contributed by atoms with Crippen LogP contribution in [-0.4, -0.2) is 22.7 Å². The van der Waals surface area contributed by atoms with Gasteiger partial charge in [0.25, 0.3) is 5.24 Å². The van der Waals surface area contributed by atoms with Gasteiger partial charge in [0.1, 0.15) is 17.3 Å². The van der Waals surface area contributed by atoms with Crippen molar-refractivity contribution in [3.05, 3.63) is 89.7 Å². The summed E-state index contributed by atoms with van der Waals surface area (Å²) in [6.07, 6.45) is 3.57. The van der Waals surface area contributed by atoms with E-state index in [0.29, 0.717) is 5.75 Å². The number of amides is 1. The third-order valence-electron chi connectivity index (χ3n) is 5.79. The van der Waals surface area contributed by atoms with Crippen LogP contribution in [0.25, 0.3) is 0 Å². The van der Waals surface area contributed by atoms with E-state index in [-0.39, 0.29) is 28.1 Å². The number of benzene rings is 3. The van der Waals surface area contributed by atoms with E-state index < -0.39 is 0 Å². The average molecular weight is 452 g/mol. The Hall–Kier alpha value is -2.99. The van der Waals surface area contributed by atoms with Gasteiger partial charge in [-0.2, -0.15) is 0 Å². The highest BCUT2D eigenvalue weighted by Crippen LogP contribution is 2.48. The van der Waals surface area contributed by atoms with Gasteiger partial charge in [-0.05, 0) is 61.2 Å². The van der Waals surface area contributed by atoms with Crippen LogP contribution in [0.4, 0.5) is 14.9 Å². The van der Waals surface area contributed by atoms with E-state index in [1.165, 1.54) is 23.9 Å². The van der Waals surface area contributed by atoms with E-state index in [9.17, 15) is 14.3 Å². The number of hydrogen-bond donors (Lipinski definition) is 1. The van der Waals surface area contributed by atoms with Gasteiger partial charge in [-0.25, -0.2) is 4.39 Å². The maximum Gasteiger partial charge on any atom is 0.287 e. The minimum Gasteiger partial charge on any atom is -0.507 e. The Labute approximate surface area is 192 Å². The molecule has 1 aliphatic heterocycles. The molecule has 1 heterocycles. The van der Waals surface area contributed by atoms with E-state index in [0.717, 1.165) is 42.5 Å². The molecule has 3 aromatic carbocycles. The Morgan fingerprint density at radius 1 is 1.03 bits per heavy atom. The van der Waals surface area contributed by atoms with Crippen LogP contribution in [0.1, 0.15) is 36.4 Å². The van der Waals surface area contributed by atoms with Crippen LogP contribution in [0, 0.1) is 5.82 Å². The Balaban J connectivity index is 1.53. The molecule has 166 valence electrons. The SMILES string of the molecule is COc1ccc([C@@H]2[C@@H](CCCCc3ccc(F)cc3)SC(=O)N2c2ccccc2)c(O)c1. The fourth-order valence-corrected chi connectivity index (χ4v) is 5.44. The van der Waals surface area contributed by atoms with Crippen LogP contribution in [-0.2, 0) is 6.42 Å². The highest BCUT2D eigenvalue weighted by molar-refractivity contribution is 8.14. The quantitative estimate of drug-likeness (QED) is 0.386. The number of carbonyl (C=O) groups is 1. The monoisotopic (exact) mass is 451 g/mol. The van der Waals surface area contributed by atoms with Gasteiger partial charge in [-0.15, -0.1) is 0 Å². The molecule has 4 rings (SSSR count). The summed E-state index contributed by atoms with van der Waals surface area (Å²) in [5.41, 5.74) is 2.65. The molecule has 4 nitrogen and oxygen atoms in total. The Morgan fingerprint density at radius 3 is 2.47 bits per heavy atom. The van der Waals surface area contributed by atoms with Gasteiger partial charge in [0.2, 0.25) is 0 Å². The minimum atomic E-state index is -0.272. The summed E-state index contributed by atoms with van der Waals surface area (Å²) in [7, 11) is 1.56. The van der Waals surface area contributed by atoms with Gasteiger partial charge in [0.15, 0.2) is 0 Å². The smallest absolute Gasteiger partial charge is 0.287 e. The molecule has 0 saturated carbocycles. The molecule has 3 aromatic rings. The van der Waals surface area contributed by atoms with Crippen LogP contribution >= 0.6 is 11.8 Å². The van der Waals surface area contributed by atoms with Crippen LogP contribution in [0.3, 0.4) is 0 Å². The van der Waals surface area contributed by atoms with Crippen molar-refractivity contribution in [2.75, 3.05) is 12.0 Å². The van der Waals surface area contributed by atoms with E-state index >= 15 is 0 Å². The zero-order chi connectivity index (χ0) is 22.5. The lowest BCUT2D eigenvalue weighted by molar-refractivity contribution is 0.264. The lowest BCUT2D eigenvalue weighted by Crippen LogP contribution is -2.29. The molecule has 1 amide bonds. The number of anilines is 1. The number of aryl methyl sites for hydroxylation is 1. The first-order chi connectivity index (χ1) is 15.6. The number of halogens is 1. The highest BCUT2D eigenvalue weighted by atomic mass is 32.2. The fraction of sp³-hybridized carbons (Fsp3) is 0.269. The number of nitrogens with zero attached hydrogens (tertiary/aromatic N) is 1. The third-order valence-corrected chi connectivity index (χ3v) is 6.98. The molecule has 0 spiro atoms. The first-order valence-electron chi connectivity index (χ1n) is 10.7. The zero-order valence-electron chi connectivity index (χ0n) is 17.9. The summed E-state index contributed by atoms with van der Waals surface area (Å²) in [5, 5.41) is 10.7. The van der Waals surface area contributed by atoms with Crippen LogP contribution in [0.2, 0.25) is 0 Å². The molecule has 1 aliphatic rings. The molecule has 0 aliphatic carbocycles. The molecule has 1 N–H and O–H groups in total. The summed E-state index contributed by atoms with van der Waals surface area (Å²) in [5.74, 6) is 0.477. The lowest BCUT2D eigenvalue weighted by Gasteiger charge is -2.28. The molecule has 0 bridgehead atoms. The third kappa shape index (κ3) is 4.91. The number of aromatic hydroxyl groups is 1. The van der Waals surface area contributed by atoms with Crippen molar-refractivity contribution in [3.8, 4) is 11.5 Å². The number of phenols is 1. The maximum atomic E-state index is 13.1. The van der Waals surface area contributed by atoms with Crippen molar-refractivity contribution in [1.82, 2.24) is 0 Å². The summed E-state index contributed by atoms with van der Waals surface area (Å²) < 4.78 is 18.3. The predicted octanol–water partition coefficient (Wildman–Crippen LogP) is 6.74. The van der Waals surface area contributed by atoms with E-state index in [2.05, 4.69) is 0 Å². The summed E-state index contributed by atoms with van der Waals surface area (Å²) in [4.78, 5) is 14.8. The van der Waals surface area contributed by atoms with E-state index in [1.807, 2.05) is 54.6 Å². The van der Waals surface area contributed by atoms with Gasteiger partial charge in [-0.3, -0.25) is 9.69 Å². The molecule has 6 heteroatoms. The van der Waals surface area contributed by atoms with Crippen molar-refractivity contribution in [2.45, 2.75) is 37.0 Å². The molecule has 2 atom stereocenters. The number of phenolic OH excluding ortho intramolecular Hbond substituents is 1. The van der Waals surface area contributed by atoms with Gasteiger partial charge >= 0.3 is 0 Å². The molecule has 1 fully saturated rings. The summed E-state index contributed by atoms with van der Waals surface area (Å²) in [6.45, 7) is 0. The molecule has 0 radical (unpaired) electrons. The molecule has 0 unspecified atom stereocenters. The second-order valence-electron chi connectivity index (χ2n) is 7.87. The largest absolute Gasteiger partial charge is 0.507 e. The standard InChI is InChI=1S/C26H26FNO3S/c1-31-21-15-16-22(23(29)17-21)25-24(10-6-5-7-18-11-13-19(27)14-12-18)32-26(30)28(25)20-8-3-2-4-9-20/h2-4,8-9,11-17,24-25,29H,5-7,10H2,1H3/t24-,25-/m1/s1. The zero-order valence-corrected chi connectivity index (χ0v) is 18.7. The molecular formula is C26H26FNO3S. The Morgan fingerprint density at radius 2 is 1.78 bits per heavy atom. The fourth-order valence-electron chi connectivity index (χ4n) is 4.17. The van der Waals surface area contributed by atoms with Gasteiger partial charge < -0.3 is 9.84 Å². The molecular weight excluding hydrogens is 425 g/mol. The Kier molecular flexibility index (Phi) is 7.00. The lowest BCUT2D eigenvalue weighted by atomic mass is 9.96. The van der Waals surface area contributed by atoms with Gasteiger partial charge in [0, 0.05) is 22.6 Å². The van der Waals surface area contributed by atoms with Crippen molar-refractivity contribution in [1.29, 1.82) is 0 Å². The number of rotatable bonds is 8. The molecule has 1 saturated heterocycles. The number of para-hydroxylation sites is 1. The normalized spacial score (nSPS) is 18.2. The predicted molar refractivity (Wildman–Crippen MR) is 127 cm³/mol. The number of carbonyl (C=O) groups excluding carboxylic acids is 1. The average Bonchev–Trinajstić information content (AvgIpc) is 3.14. The van der Waals surface area contributed by atoms with Crippen molar-refractivity contribution < 1.29 is 19.0 Å². The molecule has 32 heavy (non-hydrogen) atoms. The summed E-state index contributed by atoms with van der Waals surface area (Å²) >= 11 is 1.33. The van der Waals surface area contributed by atoms with E-state index in [4.69, 9.17) is 4.74 Å². The van der Waals surface area contributed by atoms with Crippen molar-refractivity contribution in [2.24, 2.45) is 0 Å². The van der Waals surface area contributed by atoms with Crippen molar-refractivity contribution >= 4 is 22.7 Å². The summed E-state index contributed by atoms with van der Waals surface area (Å²) in [6, 6.07) is 21.2. The number of methoxy groups -OCH3 is 1. The van der Waals surface area contributed by atoms with Crippen LogP contribution < -0.4 is 9.64 Å². The second kappa shape index (κ2) is 10.1. The second-order valence-corrected chi connectivity index (χ2v) is 9.06. The van der Waals surface area contributed by atoms with Gasteiger partial charge in [-0.1, -0.05) is 48.5 Å². The number of thioether (sulfide) groups is 1.